The molecule has 0 radical (unpaired) electrons. The molecule has 0 saturated heterocycles. The van der Waals surface area contributed by atoms with E-state index in [2.05, 4.69) is 10.2 Å². The minimum atomic E-state index is -0.836. The first-order valence-electron chi connectivity index (χ1n) is 8.41. The van der Waals surface area contributed by atoms with Crippen molar-refractivity contribution in [2.24, 2.45) is 7.05 Å². The maximum atomic E-state index is 12.5. The molecule has 0 atom stereocenters. The molecule has 2 N–H and O–H groups in total. The van der Waals surface area contributed by atoms with Gasteiger partial charge in [0, 0.05) is 24.9 Å². The molecule has 0 aliphatic carbocycles. The zero-order valence-corrected chi connectivity index (χ0v) is 15.1. The Morgan fingerprint density at radius 1 is 1.24 bits per heavy atom. The molecule has 29 heavy (non-hydrogen) atoms. The number of carbonyl (C=O) groups excluding carboxylic acids is 1. The van der Waals surface area contributed by atoms with Gasteiger partial charge in [0.15, 0.2) is 12.4 Å². The third kappa shape index (κ3) is 2.94. The zero-order chi connectivity index (χ0) is 20.7. The molecule has 11 nitrogen and oxygen atoms in total. The lowest BCUT2D eigenvalue weighted by Crippen LogP contribution is -2.20. The number of ether oxygens (including phenoxy) is 1. The van der Waals surface area contributed by atoms with Crippen LogP contribution in [0.4, 0.5) is 11.4 Å². The van der Waals surface area contributed by atoms with Gasteiger partial charge in [-0.2, -0.15) is 0 Å². The predicted molar refractivity (Wildman–Crippen MR) is 102 cm³/mol. The normalized spacial score (nSPS) is 11.1. The summed E-state index contributed by atoms with van der Waals surface area (Å²) in [5, 5.41) is 19.4. The number of carbonyl (C=O) groups is 1. The molecule has 0 unspecified atom stereocenters. The first-order valence-corrected chi connectivity index (χ1v) is 8.41. The van der Waals surface area contributed by atoms with E-state index in [1.165, 1.54) is 16.7 Å². The Balaban J connectivity index is 1.71. The van der Waals surface area contributed by atoms with Crippen LogP contribution in [-0.4, -0.2) is 30.1 Å². The van der Waals surface area contributed by atoms with E-state index in [0.29, 0.717) is 10.9 Å². The molecule has 0 bridgehead atoms. The number of hydrogen-bond donors (Lipinski definition) is 1. The van der Waals surface area contributed by atoms with E-state index in [1.807, 2.05) is 0 Å². The zero-order valence-electron chi connectivity index (χ0n) is 15.1. The van der Waals surface area contributed by atoms with Crippen molar-refractivity contribution in [2.75, 3.05) is 5.73 Å². The van der Waals surface area contributed by atoms with Gasteiger partial charge in [-0.3, -0.25) is 23.9 Å². The van der Waals surface area contributed by atoms with Gasteiger partial charge in [0.25, 0.3) is 11.2 Å². The fourth-order valence-electron chi connectivity index (χ4n) is 3.03. The molecule has 0 spiro atoms. The number of hydrogen-bond acceptors (Lipinski definition) is 8. The minimum absolute atomic E-state index is 0.0551. The number of aromatic nitrogens is 4. The van der Waals surface area contributed by atoms with Crippen molar-refractivity contribution < 1.29 is 14.5 Å². The highest BCUT2D eigenvalue weighted by Crippen LogP contribution is 2.21. The van der Waals surface area contributed by atoms with Crippen molar-refractivity contribution in [3.63, 3.8) is 0 Å². The van der Waals surface area contributed by atoms with Crippen LogP contribution in [0.25, 0.3) is 16.7 Å². The second-order valence-electron chi connectivity index (χ2n) is 6.24. The SMILES string of the molecule is Cn1c(=O)c2ccccc2n2c(COC(=O)c3cc([N+](=O)[O-])ccc3N)nnc12. The Labute approximate surface area is 162 Å². The number of fused-ring (bicyclic) bond motifs is 3. The second-order valence-corrected chi connectivity index (χ2v) is 6.24. The summed E-state index contributed by atoms with van der Waals surface area (Å²) in [4.78, 5) is 35.2. The number of nitrogens with zero attached hydrogens (tertiary/aromatic N) is 5. The molecule has 4 rings (SSSR count). The monoisotopic (exact) mass is 394 g/mol. The third-order valence-electron chi connectivity index (χ3n) is 4.49. The smallest absolute Gasteiger partial charge is 0.340 e. The molecular weight excluding hydrogens is 380 g/mol. The molecule has 2 heterocycles. The van der Waals surface area contributed by atoms with E-state index in [1.54, 1.807) is 35.7 Å². The molecule has 0 fully saturated rings. The fraction of sp³-hybridized carbons (Fsp3) is 0.111. The summed E-state index contributed by atoms with van der Waals surface area (Å²) >= 11 is 0. The molecule has 0 aliphatic heterocycles. The van der Waals surface area contributed by atoms with E-state index in [-0.39, 0.29) is 40.7 Å². The number of nitro benzene ring substituents is 1. The second kappa shape index (κ2) is 6.71. The van der Waals surface area contributed by atoms with Crippen LogP contribution in [0.2, 0.25) is 0 Å². The van der Waals surface area contributed by atoms with Gasteiger partial charge >= 0.3 is 5.97 Å². The van der Waals surface area contributed by atoms with E-state index in [4.69, 9.17) is 10.5 Å². The molecule has 4 aromatic rings. The van der Waals surface area contributed by atoms with Crippen LogP contribution in [0.5, 0.6) is 0 Å². The van der Waals surface area contributed by atoms with Gasteiger partial charge < -0.3 is 10.5 Å². The molecule has 2 aromatic heterocycles. The summed E-state index contributed by atoms with van der Waals surface area (Å²) in [6.07, 6.45) is 0. The Hall–Kier alpha value is -4.28. The Kier molecular flexibility index (Phi) is 4.19. The number of para-hydroxylation sites is 1. The number of aryl methyl sites for hydroxylation is 1. The van der Waals surface area contributed by atoms with Gasteiger partial charge in [0.05, 0.1) is 21.4 Å². The fourth-order valence-corrected chi connectivity index (χ4v) is 3.03. The highest BCUT2D eigenvalue weighted by molar-refractivity contribution is 5.95. The van der Waals surface area contributed by atoms with Crippen LogP contribution < -0.4 is 11.3 Å². The van der Waals surface area contributed by atoms with Crippen LogP contribution in [-0.2, 0) is 18.4 Å². The summed E-state index contributed by atoms with van der Waals surface area (Å²) in [6, 6.07) is 10.4. The average molecular weight is 394 g/mol. The van der Waals surface area contributed by atoms with Crippen LogP contribution >= 0.6 is 0 Å². The minimum Gasteiger partial charge on any atom is -0.454 e. The quantitative estimate of drug-likeness (QED) is 0.236. The lowest BCUT2D eigenvalue weighted by molar-refractivity contribution is -0.384. The Bertz CT molecular complexity index is 1360. The van der Waals surface area contributed by atoms with E-state index in [9.17, 15) is 19.7 Å². The summed E-state index contributed by atoms with van der Waals surface area (Å²) < 4.78 is 8.22. The van der Waals surface area contributed by atoms with Crippen molar-refractivity contribution in [1.29, 1.82) is 0 Å². The highest BCUT2D eigenvalue weighted by atomic mass is 16.6. The van der Waals surface area contributed by atoms with Crippen molar-refractivity contribution >= 4 is 34.0 Å². The van der Waals surface area contributed by atoms with E-state index < -0.39 is 10.9 Å². The van der Waals surface area contributed by atoms with Crippen LogP contribution in [0.1, 0.15) is 16.2 Å². The molecule has 11 heteroatoms. The van der Waals surface area contributed by atoms with E-state index in [0.717, 1.165) is 6.07 Å². The molecular formula is C18H14N6O5. The summed E-state index contributed by atoms with van der Waals surface area (Å²) in [7, 11) is 1.57. The first kappa shape index (κ1) is 18.1. The van der Waals surface area contributed by atoms with Crippen molar-refractivity contribution in [3.05, 3.63) is 74.3 Å². The lowest BCUT2D eigenvalue weighted by atomic mass is 10.1. The number of esters is 1. The van der Waals surface area contributed by atoms with Crippen LogP contribution in [0, 0.1) is 10.1 Å². The summed E-state index contributed by atoms with van der Waals surface area (Å²) in [6.45, 7) is -0.273. The van der Waals surface area contributed by atoms with Gasteiger partial charge in [0.2, 0.25) is 5.78 Å². The van der Waals surface area contributed by atoms with Gasteiger partial charge in [-0.1, -0.05) is 12.1 Å². The Morgan fingerprint density at radius 3 is 2.76 bits per heavy atom. The van der Waals surface area contributed by atoms with Crippen molar-refractivity contribution in [2.45, 2.75) is 6.61 Å². The third-order valence-corrected chi connectivity index (χ3v) is 4.49. The molecule has 2 aromatic carbocycles. The van der Waals surface area contributed by atoms with Gasteiger partial charge in [-0.15, -0.1) is 10.2 Å². The topological polar surface area (TPSA) is 148 Å². The predicted octanol–water partition coefficient (Wildman–Crippen LogP) is 1.43. The van der Waals surface area contributed by atoms with Crippen molar-refractivity contribution in [1.82, 2.24) is 19.2 Å². The molecule has 0 saturated carbocycles. The number of nitro groups is 1. The lowest BCUT2D eigenvalue weighted by Gasteiger charge is -2.09. The van der Waals surface area contributed by atoms with E-state index >= 15 is 0 Å². The maximum absolute atomic E-state index is 12.5. The molecule has 0 amide bonds. The summed E-state index contributed by atoms with van der Waals surface area (Å²) in [5.74, 6) is -0.268. The van der Waals surface area contributed by atoms with Crippen LogP contribution in [0.15, 0.2) is 47.3 Å². The number of rotatable bonds is 4. The number of anilines is 1. The number of nitrogens with two attached hydrogens (primary N) is 1. The highest BCUT2D eigenvalue weighted by Gasteiger charge is 2.19. The standard InChI is InChI=1S/C18H14N6O5/c1-22-16(25)11-4-2-3-5-14(11)23-15(20-21-18(22)23)9-29-17(26)12-8-10(24(27)28)6-7-13(12)19/h2-8H,9,19H2,1H3. The van der Waals surface area contributed by atoms with Crippen LogP contribution in [0.3, 0.4) is 0 Å². The van der Waals surface area contributed by atoms with Crippen molar-refractivity contribution in [3.8, 4) is 0 Å². The number of non-ortho nitro benzene ring substituents is 1. The van der Waals surface area contributed by atoms with Gasteiger partial charge in [-0.05, 0) is 18.2 Å². The maximum Gasteiger partial charge on any atom is 0.340 e. The number of benzene rings is 2. The largest absolute Gasteiger partial charge is 0.454 e. The molecule has 146 valence electrons. The Morgan fingerprint density at radius 2 is 2.00 bits per heavy atom. The first-order chi connectivity index (χ1) is 13.9. The molecule has 0 aliphatic rings. The van der Waals surface area contributed by atoms with Gasteiger partial charge in [0.1, 0.15) is 0 Å². The summed E-state index contributed by atoms with van der Waals surface area (Å²) in [5.41, 5.74) is 5.74. The average Bonchev–Trinajstić information content (AvgIpc) is 3.14. The van der Waals surface area contributed by atoms with Gasteiger partial charge in [-0.25, -0.2) is 4.79 Å². The number of nitrogen functional groups attached to an aromatic ring is 1.